The van der Waals surface area contributed by atoms with Gasteiger partial charge < -0.3 is 25.2 Å². The molecule has 2 amide bonds. The van der Waals surface area contributed by atoms with E-state index in [1.807, 2.05) is 32.0 Å². The van der Waals surface area contributed by atoms with Gasteiger partial charge in [0.15, 0.2) is 6.61 Å². The number of piperidine rings is 1. The number of hydrogen-bond donors (Lipinski definition) is 3. The van der Waals surface area contributed by atoms with Gasteiger partial charge in [0.25, 0.3) is 11.8 Å². The van der Waals surface area contributed by atoms with Crippen LogP contribution in [0.5, 0.6) is 17.2 Å². The molecule has 0 spiro atoms. The van der Waals surface area contributed by atoms with Crippen molar-refractivity contribution in [3.63, 3.8) is 0 Å². The van der Waals surface area contributed by atoms with Crippen molar-refractivity contribution in [2.75, 3.05) is 19.7 Å². The van der Waals surface area contributed by atoms with Crippen molar-refractivity contribution < 1.29 is 24.5 Å². The first-order valence-electron chi connectivity index (χ1n) is 9.63. The number of phenols is 2. The zero-order valence-electron chi connectivity index (χ0n) is 16.6. The fourth-order valence-corrected chi connectivity index (χ4v) is 3.35. The van der Waals surface area contributed by atoms with E-state index in [2.05, 4.69) is 5.32 Å². The van der Waals surface area contributed by atoms with Gasteiger partial charge in [0.2, 0.25) is 0 Å². The zero-order valence-corrected chi connectivity index (χ0v) is 16.6. The van der Waals surface area contributed by atoms with Crippen molar-refractivity contribution >= 4 is 11.8 Å². The lowest BCUT2D eigenvalue weighted by Gasteiger charge is -2.32. The van der Waals surface area contributed by atoms with Crippen LogP contribution < -0.4 is 10.1 Å². The van der Waals surface area contributed by atoms with Gasteiger partial charge >= 0.3 is 0 Å². The van der Waals surface area contributed by atoms with Gasteiger partial charge in [-0.1, -0.05) is 6.07 Å². The summed E-state index contributed by atoms with van der Waals surface area (Å²) in [6.45, 7) is 4.93. The Hall–Kier alpha value is -3.22. The number of ether oxygens (including phenoxy) is 1. The van der Waals surface area contributed by atoms with Crippen LogP contribution in [0.4, 0.5) is 0 Å². The number of aromatic hydroxyl groups is 2. The molecule has 1 heterocycles. The summed E-state index contributed by atoms with van der Waals surface area (Å²) < 4.78 is 5.56. The number of carbonyl (C=O) groups excluding carboxylic acids is 2. The van der Waals surface area contributed by atoms with Gasteiger partial charge in [-0.2, -0.15) is 0 Å². The second-order valence-corrected chi connectivity index (χ2v) is 7.41. The number of phenolic OH excluding ortho intramolecular Hbond substituents is 2. The second-order valence-electron chi connectivity index (χ2n) is 7.41. The fraction of sp³-hybridized carbons (Fsp3) is 0.364. The quantitative estimate of drug-likeness (QED) is 0.719. The molecule has 0 aliphatic carbocycles. The first-order chi connectivity index (χ1) is 13.8. The van der Waals surface area contributed by atoms with E-state index in [-0.39, 0.29) is 41.5 Å². The minimum Gasteiger partial charge on any atom is -0.508 e. The van der Waals surface area contributed by atoms with E-state index in [4.69, 9.17) is 4.74 Å². The molecule has 0 unspecified atom stereocenters. The van der Waals surface area contributed by atoms with Crippen molar-refractivity contribution in [3.05, 3.63) is 53.1 Å². The molecule has 0 saturated carbocycles. The predicted molar refractivity (Wildman–Crippen MR) is 108 cm³/mol. The van der Waals surface area contributed by atoms with Crippen LogP contribution in [0.3, 0.4) is 0 Å². The van der Waals surface area contributed by atoms with E-state index in [0.717, 1.165) is 5.56 Å². The predicted octanol–water partition coefficient (Wildman–Crippen LogP) is 2.51. The molecule has 1 aliphatic heterocycles. The van der Waals surface area contributed by atoms with Crippen molar-refractivity contribution in [2.45, 2.75) is 32.7 Å². The Morgan fingerprint density at radius 3 is 2.31 bits per heavy atom. The van der Waals surface area contributed by atoms with Gasteiger partial charge in [-0.15, -0.1) is 0 Å². The van der Waals surface area contributed by atoms with E-state index in [0.29, 0.717) is 31.7 Å². The lowest BCUT2D eigenvalue weighted by Crippen LogP contribution is -2.47. The smallest absolute Gasteiger partial charge is 0.258 e. The number of likely N-dealkylation sites (tertiary alicyclic amines) is 1. The summed E-state index contributed by atoms with van der Waals surface area (Å²) in [6.07, 6.45) is 1.26. The van der Waals surface area contributed by atoms with Crippen LogP contribution in [0.1, 0.15) is 34.3 Å². The molecule has 2 aromatic rings. The molecule has 0 bridgehead atoms. The maximum atomic E-state index is 12.5. The highest BCUT2D eigenvalue weighted by molar-refractivity contribution is 5.95. The highest BCUT2D eigenvalue weighted by atomic mass is 16.5. The molecule has 7 nitrogen and oxygen atoms in total. The summed E-state index contributed by atoms with van der Waals surface area (Å²) in [5.41, 5.74) is 2.52. The zero-order chi connectivity index (χ0) is 21.0. The summed E-state index contributed by atoms with van der Waals surface area (Å²) >= 11 is 0. The Morgan fingerprint density at radius 2 is 1.69 bits per heavy atom. The first kappa shape index (κ1) is 20.5. The molecule has 1 saturated heterocycles. The van der Waals surface area contributed by atoms with Crippen LogP contribution in [-0.4, -0.2) is 52.7 Å². The Labute approximate surface area is 169 Å². The lowest BCUT2D eigenvalue weighted by atomic mass is 10.0. The minimum atomic E-state index is -0.251. The number of amides is 2. The van der Waals surface area contributed by atoms with Crippen LogP contribution in [-0.2, 0) is 4.79 Å². The van der Waals surface area contributed by atoms with E-state index < -0.39 is 0 Å². The number of nitrogens with one attached hydrogen (secondary N) is 1. The summed E-state index contributed by atoms with van der Waals surface area (Å²) in [6, 6.07) is 9.54. The van der Waals surface area contributed by atoms with E-state index in [9.17, 15) is 19.8 Å². The average Bonchev–Trinajstić information content (AvgIpc) is 2.68. The largest absolute Gasteiger partial charge is 0.508 e. The SMILES string of the molecule is Cc1ccc(OCC(=O)NC2CCN(C(=O)c3cc(O)cc(O)c3)CC2)cc1C. The van der Waals surface area contributed by atoms with Crippen molar-refractivity contribution in [1.29, 1.82) is 0 Å². The van der Waals surface area contributed by atoms with Gasteiger partial charge in [0, 0.05) is 30.8 Å². The fourth-order valence-electron chi connectivity index (χ4n) is 3.35. The van der Waals surface area contributed by atoms with Gasteiger partial charge in [-0.05, 0) is 62.1 Å². The Kier molecular flexibility index (Phi) is 6.26. The number of nitrogens with zero attached hydrogens (tertiary/aromatic N) is 1. The van der Waals surface area contributed by atoms with Crippen LogP contribution in [0.25, 0.3) is 0 Å². The molecule has 3 rings (SSSR count). The molecular weight excluding hydrogens is 372 g/mol. The molecule has 7 heteroatoms. The van der Waals surface area contributed by atoms with E-state index >= 15 is 0 Å². The topological polar surface area (TPSA) is 99.1 Å². The van der Waals surface area contributed by atoms with Gasteiger partial charge in [-0.25, -0.2) is 0 Å². The van der Waals surface area contributed by atoms with Gasteiger partial charge in [-0.3, -0.25) is 9.59 Å². The standard InChI is InChI=1S/C22H26N2O5/c1-14-3-4-20(9-15(14)2)29-13-21(27)23-17-5-7-24(8-6-17)22(28)16-10-18(25)12-19(26)11-16/h3-4,9-12,17,25-26H,5-8,13H2,1-2H3,(H,23,27). The van der Waals surface area contributed by atoms with Gasteiger partial charge in [0.1, 0.15) is 17.2 Å². The summed E-state index contributed by atoms with van der Waals surface area (Å²) in [4.78, 5) is 26.4. The number of aryl methyl sites for hydroxylation is 2. The molecule has 0 atom stereocenters. The Bertz CT molecular complexity index is 884. The number of carbonyl (C=O) groups is 2. The highest BCUT2D eigenvalue weighted by Crippen LogP contribution is 2.23. The summed E-state index contributed by atoms with van der Waals surface area (Å²) in [7, 11) is 0. The number of benzene rings is 2. The number of rotatable bonds is 5. The monoisotopic (exact) mass is 398 g/mol. The van der Waals surface area contributed by atoms with Crippen LogP contribution in [0.15, 0.2) is 36.4 Å². The average molecular weight is 398 g/mol. The summed E-state index contributed by atoms with van der Waals surface area (Å²) in [5, 5.41) is 22.1. The minimum absolute atomic E-state index is 0.0208. The van der Waals surface area contributed by atoms with Crippen molar-refractivity contribution in [1.82, 2.24) is 10.2 Å². The van der Waals surface area contributed by atoms with Crippen LogP contribution in [0, 0.1) is 13.8 Å². The summed E-state index contributed by atoms with van der Waals surface area (Å²) in [5.74, 6) is -0.0819. The molecule has 154 valence electrons. The highest BCUT2D eigenvalue weighted by Gasteiger charge is 2.25. The molecule has 2 aromatic carbocycles. The molecule has 1 aliphatic rings. The Morgan fingerprint density at radius 1 is 1.03 bits per heavy atom. The molecule has 3 N–H and O–H groups in total. The Balaban J connectivity index is 1.46. The number of hydrogen-bond acceptors (Lipinski definition) is 5. The van der Waals surface area contributed by atoms with Crippen LogP contribution in [0.2, 0.25) is 0 Å². The first-order valence-corrected chi connectivity index (χ1v) is 9.63. The second kappa shape index (κ2) is 8.86. The van der Waals surface area contributed by atoms with E-state index in [1.165, 1.54) is 23.8 Å². The third-order valence-corrected chi connectivity index (χ3v) is 5.15. The normalized spacial score (nSPS) is 14.5. The van der Waals surface area contributed by atoms with E-state index in [1.54, 1.807) is 4.90 Å². The van der Waals surface area contributed by atoms with Crippen molar-refractivity contribution in [2.24, 2.45) is 0 Å². The molecule has 29 heavy (non-hydrogen) atoms. The molecule has 0 radical (unpaired) electrons. The third kappa shape index (κ3) is 5.40. The van der Waals surface area contributed by atoms with Crippen LogP contribution >= 0.6 is 0 Å². The maximum Gasteiger partial charge on any atom is 0.258 e. The molecular formula is C22H26N2O5. The molecule has 1 fully saturated rings. The van der Waals surface area contributed by atoms with Gasteiger partial charge in [0.05, 0.1) is 0 Å². The van der Waals surface area contributed by atoms with Crippen molar-refractivity contribution in [3.8, 4) is 17.2 Å². The lowest BCUT2D eigenvalue weighted by molar-refractivity contribution is -0.124. The molecule has 0 aromatic heterocycles. The maximum absolute atomic E-state index is 12.5. The third-order valence-electron chi connectivity index (χ3n) is 5.15.